The van der Waals surface area contributed by atoms with Gasteiger partial charge in [-0.3, -0.25) is 10.1 Å². The number of hydrogen-bond donors (Lipinski definition) is 1. The highest BCUT2D eigenvalue weighted by atomic mass is 16.2. The first-order valence-electron chi connectivity index (χ1n) is 10.3. The Morgan fingerprint density at radius 3 is 2.55 bits per heavy atom. The Morgan fingerprint density at radius 1 is 1.14 bits per heavy atom. The summed E-state index contributed by atoms with van der Waals surface area (Å²) in [5.74, 6) is 0.558. The minimum absolute atomic E-state index is 0.269. The number of carbonyl (C=O) groups is 2. The van der Waals surface area contributed by atoms with E-state index in [2.05, 4.69) is 59.0 Å². The molecule has 4 rings (SSSR count). The number of benzene rings is 1. The molecule has 2 atom stereocenters. The van der Waals surface area contributed by atoms with Gasteiger partial charge in [0.05, 0.1) is 0 Å². The zero-order valence-corrected chi connectivity index (χ0v) is 17.7. The molecule has 3 aliphatic heterocycles. The third-order valence-corrected chi connectivity index (χ3v) is 6.29. The van der Waals surface area contributed by atoms with Gasteiger partial charge in [-0.25, -0.2) is 9.79 Å². The van der Waals surface area contributed by atoms with E-state index in [0.717, 1.165) is 38.7 Å². The summed E-state index contributed by atoms with van der Waals surface area (Å²) in [7, 11) is 1.71. The molecule has 2 saturated heterocycles. The lowest BCUT2D eigenvalue weighted by molar-refractivity contribution is -0.127. The molecule has 3 amide bonds. The average Bonchev–Trinajstić information content (AvgIpc) is 3.09. The molecule has 2 unspecified atom stereocenters. The number of aryl methyl sites for hydroxylation is 2. The Morgan fingerprint density at radius 2 is 1.86 bits per heavy atom. The van der Waals surface area contributed by atoms with Crippen LogP contribution in [0.5, 0.6) is 0 Å². The highest BCUT2D eigenvalue weighted by Crippen LogP contribution is 2.28. The van der Waals surface area contributed by atoms with Crippen molar-refractivity contribution in [3.8, 4) is 0 Å². The van der Waals surface area contributed by atoms with Crippen molar-refractivity contribution in [2.45, 2.75) is 39.5 Å². The van der Waals surface area contributed by atoms with Crippen molar-refractivity contribution in [1.82, 2.24) is 24.9 Å². The molecule has 0 aromatic heterocycles. The van der Waals surface area contributed by atoms with Crippen LogP contribution in [-0.2, 0) is 11.3 Å². The SMILES string of the molecule is CCN1CCN(C2=NC3C(C(=O)NC(=O)N3C)N2Cc2cc(C)ccc2C)CC1. The fourth-order valence-corrected chi connectivity index (χ4v) is 4.36. The maximum absolute atomic E-state index is 12.8. The first kappa shape index (κ1) is 19.7. The predicted molar refractivity (Wildman–Crippen MR) is 111 cm³/mol. The van der Waals surface area contributed by atoms with Crippen LogP contribution < -0.4 is 5.32 Å². The summed E-state index contributed by atoms with van der Waals surface area (Å²) in [5, 5.41) is 2.49. The van der Waals surface area contributed by atoms with Gasteiger partial charge in [0.25, 0.3) is 5.91 Å². The first-order valence-corrected chi connectivity index (χ1v) is 10.3. The third-order valence-electron chi connectivity index (χ3n) is 6.29. The number of amides is 3. The Kier molecular flexibility index (Phi) is 5.21. The van der Waals surface area contributed by atoms with Crippen LogP contribution in [0.2, 0.25) is 0 Å². The fourth-order valence-electron chi connectivity index (χ4n) is 4.36. The minimum atomic E-state index is -0.503. The number of nitrogens with one attached hydrogen (secondary N) is 1. The number of carbonyl (C=O) groups excluding carboxylic acids is 2. The molecule has 1 N–H and O–H groups in total. The van der Waals surface area contributed by atoms with E-state index >= 15 is 0 Å². The van der Waals surface area contributed by atoms with E-state index in [1.54, 1.807) is 7.05 Å². The van der Waals surface area contributed by atoms with Gasteiger partial charge in [0.2, 0.25) is 0 Å². The normalized spacial score (nSPS) is 25.2. The minimum Gasteiger partial charge on any atom is -0.340 e. The van der Waals surface area contributed by atoms with Crippen molar-refractivity contribution >= 4 is 17.9 Å². The van der Waals surface area contributed by atoms with Crippen molar-refractivity contribution in [1.29, 1.82) is 0 Å². The second-order valence-corrected chi connectivity index (χ2v) is 8.17. The summed E-state index contributed by atoms with van der Waals surface area (Å²) in [4.78, 5) is 38.2. The molecule has 0 radical (unpaired) electrons. The third kappa shape index (κ3) is 3.57. The number of urea groups is 1. The first-order chi connectivity index (χ1) is 13.9. The largest absolute Gasteiger partial charge is 0.340 e. The van der Waals surface area contributed by atoms with Crippen molar-refractivity contribution < 1.29 is 9.59 Å². The number of imide groups is 1. The number of fused-ring (bicyclic) bond motifs is 1. The fraction of sp³-hybridized carbons (Fsp3) is 0.571. The zero-order chi connectivity index (χ0) is 20.7. The van der Waals surface area contributed by atoms with Gasteiger partial charge >= 0.3 is 6.03 Å². The summed E-state index contributed by atoms with van der Waals surface area (Å²) < 4.78 is 0. The van der Waals surface area contributed by atoms with Crippen LogP contribution in [0.25, 0.3) is 0 Å². The van der Waals surface area contributed by atoms with Gasteiger partial charge in [0.1, 0.15) is 0 Å². The molecular weight excluding hydrogens is 368 g/mol. The van der Waals surface area contributed by atoms with Gasteiger partial charge in [-0.05, 0) is 31.5 Å². The molecule has 8 nitrogen and oxygen atoms in total. The van der Waals surface area contributed by atoms with E-state index in [4.69, 9.17) is 4.99 Å². The van der Waals surface area contributed by atoms with Gasteiger partial charge < -0.3 is 19.6 Å². The van der Waals surface area contributed by atoms with Gasteiger partial charge in [0, 0.05) is 39.8 Å². The second-order valence-electron chi connectivity index (χ2n) is 8.17. The van der Waals surface area contributed by atoms with Gasteiger partial charge in [0.15, 0.2) is 18.2 Å². The van der Waals surface area contributed by atoms with Crippen molar-refractivity contribution in [2.75, 3.05) is 39.8 Å². The van der Waals surface area contributed by atoms with Crippen LogP contribution in [0.4, 0.5) is 4.79 Å². The number of rotatable bonds is 3. The van der Waals surface area contributed by atoms with Crippen LogP contribution >= 0.6 is 0 Å². The standard InChI is InChI=1S/C21H30N6O2/c1-5-25-8-10-26(11-9-25)20-22-18-17(19(28)23-21(29)24(18)4)27(20)13-16-12-14(2)6-7-15(16)3/h6-7,12,17-18H,5,8-11,13H2,1-4H3,(H,23,28,29). The second kappa shape index (κ2) is 7.67. The number of hydrogen-bond acceptors (Lipinski definition) is 6. The summed E-state index contributed by atoms with van der Waals surface area (Å²) in [6.07, 6.45) is -0.486. The van der Waals surface area contributed by atoms with Crippen LogP contribution in [0.1, 0.15) is 23.6 Å². The van der Waals surface area contributed by atoms with Gasteiger partial charge in [-0.1, -0.05) is 30.7 Å². The quantitative estimate of drug-likeness (QED) is 0.822. The number of nitrogens with zero attached hydrogens (tertiary/aromatic N) is 5. The summed E-state index contributed by atoms with van der Waals surface area (Å²) >= 11 is 0. The van der Waals surface area contributed by atoms with E-state index in [-0.39, 0.29) is 11.9 Å². The average molecular weight is 399 g/mol. The summed E-state index contributed by atoms with van der Waals surface area (Å²) in [6.45, 7) is 11.7. The highest BCUT2D eigenvalue weighted by molar-refractivity contribution is 6.03. The molecule has 3 heterocycles. The molecular formula is C21H30N6O2. The molecule has 1 aromatic rings. The van der Waals surface area contributed by atoms with Crippen LogP contribution in [-0.4, -0.2) is 89.5 Å². The summed E-state index contributed by atoms with van der Waals surface area (Å²) in [6, 6.07) is 5.50. The predicted octanol–water partition coefficient (Wildman–Crippen LogP) is 0.989. The lowest BCUT2D eigenvalue weighted by atomic mass is 10.0. The highest BCUT2D eigenvalue weighted by Gasteiger charge is 2.49. The molecule has 0 bridgehead atoms. The van der Waals surface area contributed by atoms with Crippen LogP contribution in [0, 0.1) is 13.8 Å². The molecule has 2 fully saturated rings. The van der Waals surface area contributed by atoms with Crippen molar-refractivity contribution in [3.63, 3.8) is 0 Å². The number of likely N-dealkylation sites (N-methyl/N-ethyl adjacent to an activating group) is 2. The molecule has 0 saturated carbocycles. The van der Waals surface area contributed by atoms with E-state index in [0.29, 0.717) is 6.54 Å². The molecule has 156 valence electrons. The van der Waals surface area contributed by atoms with E-state index < -0.39 is 12.2 Å². The Bertz CT molecular complexity index is 846. The van der Waals surface area contributed by atoms with E-state index in [1.807, 2.05) is 0 Å². The van der Waals surface area contributed by atoms with Gasteiger partial charge in [-0.15, -0.1) is 0 Å². The van der Waals surface area contributed by atoms with E-state index in [1.165, 1.54) is 21.6 Å². The summed E-state index contributed by atoms with van der Waals surface area (Å²) in [5.41, 5.74) is 3.56. The van der Waals surface area contributed by atoms with Crippen LogP contribution in [0.3, 0.4) is 0 Å². The Labute approximate surface area is 172 Å². The maximum atomic E-state index is 12.8. The monoisotopic (exact) mass is 398 g/mol. The van der Waals surface area contributed by atoms with E-state index in [9.17, 15) is 9.59 Å². The van der Waals surface area contributed by atoms with Crippen molar-refractivity contribution in [3.05, 3.63) is 34.9 Å². The molecule has 3 aliphatic rings. The molecule has 8 heteroatoms. The molecule has 1 aromatic carbocycles. The topological polar surface area (TPSA) is 71.5 Å². The molecule has 0 aliphatic carbocycles. The lowest BCUT2D eigenvalue weighted by Crippen LogP contribution is -2.64. The molecule has 29 heavy (non-hydrogen) atoms. The smallest absolute Gasteiger partial charge is 0.325 e. The number of guanidine groups is 1. The maximum Gasteiger partial charge on any atom is 0.325 e. The van der Waals surface area contributed by atoms with Gasteiger partial charge in [-0.2, -0.15) is 0 Å². The lowest BCUT2D eigenvalue weighted by Gasteiger charge is -2.40. The Balaban J connectivity index is 1.67. The van der Waals surface area contributed by atoms with Crippen LogP contribution in [0.15, 0.2) is 23.2 Å². The zero-order valence-electron chi connectivity index (χ0n) is 17.7. The molecule has 0 spiro atoms. The number of aliphatic imine (C=N–C) groups is 1. The Hall–Kier alpha value is -2.61. The number of piperazine rings is 1. The van der Waals surface area contributed by atoms with Crippen molar-refractivity contribution in [2.24, 2.45) is 4.99 Å².